The third kappa shape index (κ3) is 4.08. The van der Waals surface area contributed by atoms with E-state index in [1.165, 1.54) is 19.3 Å². The molecule has 30 heavy (non-hydrogen) atoms. The highest BCUT2D eigenvalue weighted by molar-refractivity contribution is 7.20. The Hall–Kier alpha value is -1.67. The van der Waals surface area contributed by atoms with Crippen LogP contribution in [0.25, 0.3) is 4.96 Å². The molecule has 3 aliphatic rings. The molecule has 8 heteroatoms. The summed E-state index contributed by atoms with van der Waals surface area (Å²) < 4.78 is 7.40. The monoisotopic (exact) mass is 431 g/mol. The van der Waals surface area contributed by atoms with Crippen molar-refractivity contribution in [2.45, 2.75) is 64.3 Å². The van der Waals surface area contributed by atoms with E-state index in [1.54, 1.807) is 11.3 Å². The van der Waals surface area contributed by atoms with Gasteiger partial charge < -0.3 is 14.5 Å². The van der Waals surface area contributed by atoms with Crippen LogP contribution in [0.3, 0.4) is 0 Å². The van der Waals surface area contributed by atoms with Gasteiger partial charge in [0.05, 0.1) is 11.9 Å². The number of ether oxygens (including phenoxy) is 1. The first-order valence-electron chi connectivity index (χ1n) is 11.6. The molecule has 0 N–H and O–H groups in total. The van der Waals surface area contributed by atoms with Crippen LogP contribution in [0.1, 0.15) is 57.1 Å². The average Bonchev–Trinajstić information content (AvgIpc) is 3.21. The van der Waals surface area contributed by atoms with Crippen LogP contribution in [0.4, 0.5) is 5.13 Å². The van der Waals surface area contributed by atoms with Crippen molar-refractivity contribution in [2.75, 3.05) is 37.7 Å². The van der Waals surface area contributed by atoms with Gasteiger partial charge in [-0.3, -0.25) is 4.79 Å². The number of amides is 1. The lowest BCUT2D eigenvalue weighted by molar-refractivity contribution is -0.142. The fraction of sp³-hybridized carbons (Fsp3) is 0.773. The minimum Gasteiger partial charge on any atom is -0.381 e. The van der Waals surface area contributed by atoms with Crippen LogP contribution in [-0.2, 0) is 9.53 Å². The van der Waals surface area contributed by atoms with Crippen molar-refractivity contribution < 1.29 is 9.53 Å². The molecule has 3 saturated heterocycles. The first-order valence-corrected chi connectivity index (χ1v) is 12.5. The van der Waals surface area contributed by atoms with Crippen LogP contribution >= 0.6 is 11.3 Å². The molecule has 0 bridgehead atoms. The quantitative estimate of drug-likeness (QED) is 0.744. The van der Waals surface area contributed by atoms with Crippen molar-refractivity contribution in [1.29, 1.82) is 0 Å². The Morgan fingerprint density at radius 2 is 1.87 bits per heavy atom. The Balaban J connectivity index is 1.25. The van der Waals surface area contributed by atoms with E-state index in [0.717, 1.165) is 80.7 Å². The van der Waals surface area contributed by atoms with Crippen molar-refractivity contribution in [2.24, 2.45) is 11.8 Å². The second kappa shape index (κ2) is 8.83. The molecule has 0 unspecified atom stereocenters. The van der Waals surface area contributed by atoms with Crippen LogP contribution in [0.2, 0.25) is 0 Å². The molecular formula is C22H33N5O2S. The van der Waals surface area contributed by atoms with Crippen molar-refractivity contribution >= 4 is 27.3 Å². The first kappa shape index (κ1) is 20.2. The number of piperidine rings is 1. The van der Waals surface area contributed by atoms with Gasteiger partial charge in [0.15, 0.2) is 0 Å². The van der Waals surface area contributed by atoms with E-state index in [9.17, 15) is 4.79 Å². The zero-order valence-corrected chi connectivity index (χ0v) is 18.8. The molecule has 3 aliphatic heterocycles. The topological polar surface area (TPSA) is 63.0 Å². The molecule has 1 atom stereocenters. The molecule has 7 nitrogen and oxygen atoms in total. The lowest BCUT2D eigenvalue weighted by Gasteiger charge is -2.42. The lowest BCUT2D eigenvalue weighted by Crippen LogP contribution is -2.50. The summed E-state index contributed by atoms with van der Waals surface area (Å²) in [5.74, 6) is 1.19. The number of fused-ring (bicyclic) bond motifs is 1. The number of hydrogen-bond acceptors (Lipinski definition) is 6. The van der Waals surface area contributed by atoms with Gasteiger partial charge in [0.1, 0.15) is 0 Å². The number of imidazole rings is 1. The minimum atomic E-state index is 0.175. The predicted octanol–water partition coefficient (Wildman–Crippen LogP) is 3.51. The second-order valence-electron chi connectivity index (χ2n) is 9.15. The largest absolute Gasteiger partial charge is 0.381 e. The number of nitrogens with zero attached hydrogens (tertiary/aromatic N) is 5. The first-order chi connectivity index (χ1) is 14.7. The lowest BCUT2D eigenvalue weighted by atomic mass is 9.85. The second-order valence-corrected chi connectivity index (χ2v) is 10.1. The van der Waals surface area contributed by atoms with E-state index >= 15 is 0 Å². The van der Waals surface area contributed by atoms with Crippen LogP contribution in [0.5, 0.6) is 0 Å². The summed E-state index contributed by atoms with van der Waals surface area (Å²) in [5, 5.41) is 5.81. The molecule has 3 fully saturated rings. The summed E-state index contributed by atoms with van der Waals surface area (Å²) in [7, 11) is 0. The number of likely N-dealkylation sites (tertiary alicyclic amines) is 1. The third-order valence-electron chi connectivity index (χ3n) is 7.16. The molecule has 0 aromatic carbocycles. The Bertz CT molecular complexity index is 835. The number of hydrogen-bond donors (Lipinski definition) is 0. The van der Waals surface area contributed by atoms with E-state index < -0.39 is 0 Å². The summed E-state index contributed by atoms with van der Waals surface area (Å²) in [4.78, 5) is 23.6. The normalized spacial score (nSPS) is 25.0. The van der Waals surface area contributed by atoms with Crippen LogP contribution in [0.15, 0.2) is 6.20 Å². The maximum atomic E-state index is 13.4. The van der Waals surface area contributed by atoms with E-state index in [4.69, 9.17) is 9.84 Å². The maximum absolute atomic E-state index is 13.4. The van der Waals surface area contributed by atoms with Gasteiger partial charge in [0.25, 0.3) is 0 Å². The van der Waals surface area contributed by atoms with Crippen molar-refractivity contribution in [3.8, 4) is 0 Å². The van der Waals surface area contributed by atoms with E-state index in [-0.39, 0.29) is 5.92 Å². The smallest absolute Gasteiger partial charge is 0.226 e. The Kier molecular flexibility index (Phi) is 5.96. The fourth-order valence-corrected chi connectivity index (χ4v) is 6.46. The molecule has 1 amide bonds. The number of aryl methyl sites for hydroxylation is 1. The van der Waals surface area contributed by atoms with Gasteiger partial charge in [0.2, 0.25) is 16.0 Å². The molecule has 2 aromatic rings. The summed E-state index contributed by atoms with van der Waals surface area (Å²) in [6.45, 7) is 6.48. The molecule has 0 radical (unpaired) electrons. The Morgan fingerprint density at radius 1 is 1.07 bits per heavy atom. The van der Waals surface area contributed by atoms with Gasteiger partial charge in [0, 0.05) is 44.8 Å². The van der Waals surface area contributed by atoms with Crippen molar-refractivity contribution in [3.63, 3.8) is 0 Å². The van der Waals surface area contributed by atoms with Gasteiger partial charge in [-0.15, -0.1) is 5.10 Å². The van der Waals surface area contributed by atoms with E-state index in [0.29, 0.717) is 17.9 Å². The summed E-state index contributed by atoms with van der Waals surface area (Å²) in [6.07, 6.45) is 10.9. The standard InChI is InChI=1S/C22H33N5O2S/c1-16-15-27-21(23-16)30-22(24-27)25-11-6-17(7-12-25)19-5-3-2-4-10-26(19)20(28)18-8-13-29-14-9-18/h15,17-19H,2-14H2,1H3/t19-/m1/s1. The highest BCUT2D eigenvalue weighted by atomic mass is 32.1. The zero-order valence-electron chi connectivity index (χ0n) is 18.0. The van der Waals surface area contributed by atoms with E-state index in [1.807, 2.05) is 17.6 Å². The van der Waals surface area contributed by atoms with Gasteiger partial charge in [-0.05, 0) is 51.4 Å². The molecule has 5 rings (SSSR count). The molecule has 2 aromatic heterocycles. The van der Waals surface area contributed by atoms with Gasteiger partial charge in [-0.25, -0.2) is 9.50 Å². The summed E-state index contributed by atoms with van der Waals surface area (Å²) in [6, 6.07) is 0.418. The third-order valence-corrected chi connectivity index (χ3v) is 8.14. The molecule has 164 valence electrons. The van der Waals surface area contributed by atoms with Crippen LogP contribution in [-0.4, -0.2) is 64.3 Å². The SMILES string of the molecule is Cc1cn2nc(N3CCC([C@H]4CCCCCN4C(=O)C4CCOCC4)CC3)sc2n1. The number of rotatable bonds is 3. The molecule has 0 spiro atoms. The molecule has 0 saturated carbocycles. The molecular weight excluding hydrogens is 398 g/mol. The van der Waals surface area contributed by atoms with Gasteiger partial charge in [-0.1, -0.05) is 24.2 Å². The highest BCUT2D eigenvalue weighted by Gasteiger charge is 2.37. The van der Waals surface area contributed by atoms with E-state index in [2.05, 4.69) is 14.8 Å². The van der Waals surface area contributed by atoms with Crippen LogP contribution < -0.4 is 4.90 Å². The van der Waals surface area contributed by atoms with Gasteiger partial charge >= 0.3 is 0 Å². The molecule has 5 heterocycles. The van der Waals surface area contributed by atoms with Crippen molar-refractivity contribution in [3.05, 3.63) is 11.9 Å². The maximum Gasteiger partial charge on any atom is 0.226 e. The van der Waals surface area contributed by atoms with Gasteiger partial charge in [-0.2, -0.15) is 0 Å². The fourth-order valence-electron chi connectivity index (χ4n) is 5.48. The van der Waals surface area contributed by atoms with Crippen LogP contribution in [0, 0.1) is 18.8 Å². The summed E-state index contributed by atoms with van der Waals surface area (Å²) >= 11 is 1.68. The Labute approximate surface area is 182 Å². The number of carbonyl (C=O) groups is 1. The average molecular weight is 432 g/mol. The Morgan fingerprint density at radius 3 is 2.63 bits per heavy atom. The number of anilines is 1. The molecule has 0 aliphatic carbocycles. The number of aromatic nitrogens is 3. The zero-order chi connectivity index (χ0) is 20.5. The number of carbonyl (C=O) groups excluding carboxylic acids is 1. The minimum absolute atomic E-state index is 0.175. The predicted molar refractivity (Wildman–Crippen MR) is 118 cm³/mol. The van der Waals surface area contributed by atoms with Crippen molar-refractivity contribution in [1.82, 2.24) is 19.5 Å². The summed E-state index contributed by atoms with van der Waals surface area (Å²) in [5.41, 5.74) is 1.02. The highest BCUT2D eigenvalue weighted by Crippen LogP contribution is 2.34.